The third-order valence-electron chi connectivity index (χ3n) is 5.66. The quantitative estimate of drug-likeness (QED) is 0.239. The lowest BCUT2D eigenvalue weighted by Crippen LogP contribution is -2.15. The smallest absolute Gasteiger partial charge is 0.0219 e. The average Bonchev–Trinajstić information content (AvgIpc) is 2.74. The zero-order chi connectivity index (χ0) is 19.9. The van der Waals surface area contributed by atoms with Gasteiger partial charge in [0.05, 0.1) is 0 Å². The Morgan fingerprint density at radius 1 is 0.483 bits per heavy atom. The van der Waals surface area contributed by atoms with Crippen LogP contribution >= 0.6 is 17.0 Å². The van der Waals surface area contributed by atoms with Gasteiger partial charge in [-0.15, -0.1) is 17.0 Å². The van der Waals surface area contributed by atoms with Gasteiger partial charge >= 0.3 is 0 Å². The van der Waals surface area contributed by atoms with Crippen molar-refractivity contribution in [1.82, 2.24) is 9.80 Å². The highest BCUT2D eigenvalue weighted by Crippen LogP contribution is 2.20. The van der Waals surface area contributed by atoms with Crippen molar-refractivity contribution in [3.05, 3.63) is 60.3 Å². The van der Waals surface area contributed by atoms with Gasteiger partial charge < -0.3 is 9.80 Å². The summed E-state index contributed by atoms with van der Waals surface area (Å²) < 4.78 is 0. The van der Waals surface area contributed by atoms with Gasteiger partial charge in [0.2, 0.25) is 0 Å². The molecule has 0 aromatic heterocycles. The molecule has 0 saturated heterocycles. The van der Waals surface area contributed by atoms with Gasteiger partial charge in [-0.2, -0.15) is 0 Å². The zero-order valence-corrected chi connectivity index (χ0v) is 20.5. The van der Waals surface area contributed by atoms with Gasteiger partial charge in [-0.1, -0.05) is 78.1 Å². The van der Waals surface area contributed by atoms with E-state index in [0.717, 1.165) is 13.1 Å². The van der Waals surface area contributed by atoms with E-state index in [0.29, 0.717) is 0 Å². The molecule has 0 bridgehead atoms. The number of unbranched alkanes of at least 4 members (excludes halogenated alkanes) is 10. The maximum absolute atomic E-state index is 2.32. The molecule has 0 fully saturated rings. The third kappa shape index (κ3) is 10.9. The van der Waals surface area contributed by atoms with E-state index in [9.17, 15) is 0 Å². The minimum absolute atomic E-state index is 0. The molecule has 0 spiro atoms. The largest absolute Gasteiger partial charge is 0.354 e. The second kappa shape index (κ2) is 16.6. The van der Waals surface area contributed by atoms with Crippen molar-refractivity contribution in [1.29, 1.82) is 0 Å². The van der Waals surface area contributed by atoms with E-state index in [4.69, 9.17) is 0 Å². The summed E-state index contributed by atoms with van der Waals surface area (Å²) in [5.41, 5.74) is 2.62. The Kier molecular flexibility index (Phi) is 14.7. The maximum Gasteiger partial charge on any atom is 0.0219 e. The van der Waals surface area contributed by atoms with Gasteiger partial charge in [0, 0.05) is 37.9 Å². The second-order valence-electron chi connectivity index (χ2n) is 8.18. The van der Waals surface area contributed by atoms with Gasteiger partial charge in [0.1, 0.15) is 0 Å². The lowest BCUT2D eigenvalue weighted by atomic mass is 10.0. The molecule has 2 aliphatic heterocycles. The lowest BCUT2D eigenvalue weighted by Gasteiger charge is -2.22. The molecule has 0 aliphatic carbocycles. The minimum atomic E-state index is 0. The topological polar surface area (TPSA) is 6.48 Å². The summed E-state index contributed by atoms with van der Waals surface area (Å²) in [6.07, 6.45) is 34.2. The highest BCUT2D eigenvalue weighted by atomic mass is 79.9. The van der Waals surface area contributed by atoms with Crippen LogP contribution in [-0.2, 0) is 0 Å². The molecule has 0 saturated carbocycles. The fourth-order valence-corrected chi connectivity index (χ4v) is 3.75. The van der Waals surface area contributed by atoms with Crippen LogP contribution in [0.4, 0.5) is 0 Å². The average molecular weight is 464 g/mol. The van der Waals surface area contributed by atoms with Gasteiger partial charge in [-0.3, -0.25) is 0 Å². The van der Waals surface area contributed by atoms with E-state index >= 15 is 0 Å². The fraction of sp³-hybridized carbons (Fsp3) is 0.615. The number of hydrogen-bond donors (Lipinski definition) is 0. The van der Waals surface area contributed by atoms with Crippen molar-refractivity contribution in [3.63, 3.8) is 0 Å². The fourth-order valence-electron chi connectivity index (χ4n) is 3.75. The Bertz CT molecular complexity index is 489. The van der Waals surface area contributed by atoms with Crippen LogP contribution < -0.4 is 0 Å². The van der Waals surface area contributed by atoms with E-state index in [-0.39, 0.29) is 17.0 Å². The van der Waals surface area contributed by atoms with E-state index in [1.54, 1.807) is 0 Å². The summed E-state index contributed by atoms with van der Waals surface area (Å²) >= 11 is 0. The highest BCUT2D eigenvalue weighted by Gasteiger charge is 2.07. The summed E-state index contributed by atoms with van der Waals surface area (Å²) in [5.74, 6) is 0. The predicted molar refractivity (Wildman–Crippen MR) is 134 cm³/mol. The Morgan fingerprint density at radius 2 is 0.793 bits per heavy atom. The summed E-state index contributed by atoms with van der Waals surface area (Å²) in [6, 6.07) is 0. The minimum Gasteiger partial charge on any atom is -0.354 e. The first-order chi connectivity index (χ1) is 13.8. The predicted octanol–water partition coefficient (Wildman–Crippen LogP) is 8.27. The van der Waals surface area contributed by atoms with Crippen LogP contribution in [0.2, 0.25) is 0 Å². The summed E-state index contributed by atoms with van der Waals surface area (Å²) in [6.45, 7) is 6.83. The van der Waals surface area contributed by atoms with Crippen LogP contribution in [0.1, 0.15) is 90.9 Å². The summed E-state index contributed by atoms with van der Waals surface area (Å²) in [4.78, 5) is 4.65. The second-order valence-corrected chi connectivity index (χ2v) is 8.18. The molecule has 0 atom stereocenters. The molecular weight excluding hydrogens is 420 g/mol. The molecule has 0 radical (unpaired) electrons. The molecule has 0 amide bonds. The lowest BCUT2D eigenvalue weighted by molar-refractivity contribution is 0.462. The van der Waals surface area contributed by atoms with Crippen molar-refractivity contribution in [2.45, 2.75) is 90.9 Å². The SMILES string of the molecule is Br.CCCCCCCCN1C=CC(=C2C=CN(CCCCCCCC)C=C2)C=C1. The number of rotatable bonds is 14. The number of halogens is 1. The van der Waals surface area contributed by atoms with Crippen molar-refractivity contribution < 1.29 is 0 Å². The summed E-state index contributed by atoms with van der Waals surface area (Å²) in [5, 5.41) is 0. The van der Waals surface area contributed by atoms with Crippen LogP contribution in [0.3, 0.4) is 0 Å². The maximum atomic E-state index is 2.32. The molecule has 0 aromatic carbocycles. The van der Waals surface area contributed by atoms with Crippen LogP contribution in [-0.4, -0.2) is 22.9 Å². The molecule has 2 nitrogen and oxygen atoms in total. The first-order valence-corrected chi connectivity index (χ1v) is 11.8. The van der Waals surface area contributed by atoms with Crippen molar-refractivity contribution in [2.24, 2.45) is 0 Å². The van der Waals surface area contributed by atoms with Crippen LogP contribution in [0.25, 0.3) is 0 Å². The van der Waals surface area contributed by atoms with Gasteiger partial charge in [-0.05, 0) is 48.3 Å². The molecule has 29 heavy (non-hydrogen) atoms. The molecule has 0 N–H and O–H groups in total. The van der Waals surface area contributed by atoms with Crippen molar-refractivity contribution in [3.8, 4) is 0 Å². The summed E-state index contributed by atoms with van der Waals surface area (Å²) in [7, 11) is 0. The molecular formula is C26H43BrN2. The first kappa shape index (κ1) is 25.8. The monoisotopic (exact) mass is 462 g/mol. The van der Waals surface area contributed by atoms with Crippen LogP contribution in [0.5, 0.6) is 0 Å². The Balaban J connectivity index is 0.00000420. The van der Waals surface area contributed by atoms with E-state index in [1.165, 1.54) is 88.2 Å². The van der Waals surface area contributed by atoms with Crippen LogP contribution in [0.15, 0.2) is 60.3 Å². The Labute approximate surface area is 190 Å². The standard InChI is InChI=1S/C26H42N2.BrH/c1-3-5-7-9-11-13-19-27-21-15-25(16-22-27)26-17-23-28(24-18-26)20-14-12-10-8-6-4-2;/h15-18,21-24H,3-14,19-20H2,1-2H3;1H. The van der Waals surface area contributed by atoms with Gasteiger partial charge in [-0.25, -0.2) is 0 Å². The van der Waals surface area contributed by atoms with Crippen molar-refractivity contribution in [2.75, 3.05) is 13.1 Å². The number of hydrogen-bond acceptors (Lipinski definition) is 2. The highest BCUT2D eigenvalue weighted by molar-refractivity contribution is 8.93. The molecule has 164 valence electrons. The molecule has 2 rings (SSSR count). The normalized spacial score (nSPS) is 15.4. The van der Waals surface area contributed by atoms with E-state index in [1.807, 2.05) is 0 Å². The van der Waals surface area contributed by atoms with Crippen molar-refractivity contribution >= 4 is 17.0 Å². The van der Waals surface area contributed by atoms with Gasteiger partial charge in [0.25, 0.3) is 0 Å². The number of allylic oxidation sites excluding steroid dienone is 6. The van der Waals surface area contributed by atoms with E-state index < -0.39 is 0 Å². The van der Waals surface area contributed by atoms with E-state index in [2.05, 4.69) is 72.8 Å². The Morgan fingerprint density at radius 3 is 1.14 bits per heavy atom. The molecule has 0 unspecified atom stereocenters. The number of nitrogens with zero attached hydrogens (tertiary/aromatic N) is 2. The molecule has 2 aliphatic rings. The molecule has 2 heterocycles. The molecule has 3 heteroatoms. The van der Waals surface area contributed by atoms with Crippen LogP contribution in [0, 0.1) is 0 Å². The zero-order valence-electron chi connectivity index (χ0n) is 18.8. The Hall–Kier alpha value is -1.22. The van der Waals surface area contributed by atoms with Gasteiger partial charge in [0.15, 0.2) is 0 Å². The molecule has 0 aromatic rings. The third-order valence-corrected chi connectivity index (χ3v) is 5.66. The first-order valence-electron chi connectivity index (χ1n) is 11.8.